The molecule has 1 unspecified atom stereocenters. The molecule has 1 fully saturated rings. The summed E-state index contributed by atoms with van der Waals surface area (Å²) in [5.74, 6) is 0.205. The SMILES string of the molecule is Cc1ccc(NC(C)C(=O)N2CCCCC2)cc1Br. The van der Waals surface area contributed by atoms with Gasteiger partial charge in [-0.2, -0.15) is 0 Å². The third kappa shape index (κ3) is 3.72. The molecular formula is C15H21BrN2O. The fraction of sp³-hybridized carbons (Fsp3) is 0.533. The highest BCUT2D eigenvalue weighted by Crippen LogP contribution is 2.21. The zero-order chi connectivity index (χ0) is 13.8. The number of piperidine rings is 1. The second-order valence-corrected chi connectivity index (χ2v) is 6.07. The van der Waals surface area contributed by atoms with Crippen molar-refractivity contribution in [2.24, 2.45) is 0 Å². The quantitative estimate of drug-likeness (QED) is 0.921. The van der Waals surface area contributed by atoms with Crippen LogP contribution in [0.3, 0.4) is 0 Å². The number of carbonyl (C=O) groups is 1. The summed E-state index contributed by atoms with van der Waals surface area (Å²) in [4.78, 5) is 14.3. The van der Waals surface area contributed by atoms with Crippen LogP contribution < -0.4 is 5.32 Å². The van der Waals surface area contributed by atoms with E-state index in [9.17, 15) is 4.79 Å². The fourth-order valence-corrected chi connectivity index (χ4v) is 2.76. The van der Waals surface area contributed by atoms with Crippen molar-refractivity contribution in [3.63, 3.8) is 0 Å². The molecule has 0 bridgehead atoms. The highest BCUT2D eigenvalue weighted by atomic mass is 79.9. The van der Waals surface area contributed by atoms with Crippen LogP contribution in [0.2, 0.25) is 0 Å². The molecule has 19 heavy (non-hydrogen) atoms. The molecule has 1 saturated heterocycles. The topological polar surface area (TPSA) is 32.3 Å². The smallest absolute Gasteiger partial charge is 0.244 e. The van der Waals surface area contributed by atoms with Crippen molar-refractivity contribution >= 4 is 27.5 Å². The lowest BCUT2D eigenvalue weighted by molar-refractivity contribution is -0.132. The molecule has 104 valence electrons. The van der Waals surface area contributed by atoms with Crippen LogP contribution >= 0.6 is 15.9 Å². The van der Waals surface area contributed by atoms with Crippen molar-refractivity contribution in [1.82, 2.24) is 4.90 Å². The van der Waals surface area contributed by atoms with Crippen molar-refractivity contribution in [2.75, 3.05) is 18.4 Å². The van der Waals surface area contributed by atoms with E-state index < -0.39 is 0 Å². The summed E-state index contributed by atoms with van der Waals surface area (Å²) >= 11 is 3.51. The number of anilines is 1. The molecule has 1 aromatic carbocycles. The van der Waals surface area contributed by atoms with Gasteiger partial charge >= 0.3 is 0 Å². The van der Waals surface area contributed by atoms with Gasteiger partial charge in [0.1, 0.15) is 6.04 Å². The molecule has 3 nitrogen and oxygen atoms in total. The normalized spacial score (nSPS) is 17.1. The Bertz CT molecular complexity index is 455. The van der Waals surface area contributed by atoms with Gasteiger partial charge in [0.25, 0.3) is 0 Å². The van der Waals surface area contributed by atoms with Crippen molar-refractivity contribution < 1.29 is 4.79 Å². The number of nitrogens with zero attached hydrogens (tertiary/aromatic N) is 1. The van der Waals surface area contributed by atoms with Gasteiger partial charge in [-0.3, -0.25) is 4.79 Å². The maximum absolute atomic E-state index is 12.3. The van der Waals surface area contributed by atoms with Gasteiger partial charge in [-0.25, -0.2) is 0 Å². The molecule has 1 aliphatic heterocycles. The van der Waals surface area contributed by atoms with E-state index >= 15 is 0 Å². The third-order valence-corrected chi connectivity index (χ3v) is 4.45. The zero-order valence-electron chi connectivity index (χ0n) is 11.6. The predicted octanol–water partition coefficient (Wildman–Crippen LogP) is 3.57. The monoisotopic (exact) mass is 324 g/mol. The molecule has 0 aliphatic carbocycles. The minimum atomic E-state index is -0.173. The first-order valence-corrected chi connectivity index (χ1v) is 7.68. The Hall–Kier alpha value is -1.03. The maximum atomic E-state index is 12.3. The van der Waals surface area contributed by atoms with Crippen LogP contribution in [0.1, 0.15) is 31.7 Å². The number of halogens is 1. The lowest BCUT2D eigenvalue weighted by Gasteiger charge is -2.29. The van der Waals surface area contributed by atoms with Crippen LogP contribution in [0.5, 0.6) is 0 Å². The number of amides is 1. The van der Waals surface area contributed by atoms with Crippen molar-refractivity contribution in [2.45, 2.75) is 39.2 Å². The minimum absolute atomic E-state index is 0.173. The standard InChI is InChI=1S/C15H21BrN2O/c1-11-6-7-13(10-14(11)16)17-12(2)15(19)18-8-4-3-5-9-18/h6-7,10,12,17H,3-5,8-9H2,1-2H3. The summed E-state index contributed by atoms with van der Waals surface area (Å²) in [6, 6.07) is 5.91. The molecule has 0 spiro atoms. The molecular weight excluding hydrogens is 304 g/mol. The number of likely N-dealkylation sites (tertiary alicyclic amines) is 1. The zero-order valence-corrected chi connectivity index (χ0v) is 13.2. The Balaban J connectivity index is 1.97. The van der Waals surface area contributed by atoms with Gasteiger partial charge in [0.05, 0.1) is 0 Å². The summed E-state index contributed by atoms with van der Waals surface area (Å²) in [5.41, 5.74) is 2.18. The summed E-state index contributed by atoms with van der Waals surface area (Å²) in [6.45, 7) is 5.80. The van der Waals surface area contributed by atoms with E-state index in [1.165, 1.54) is 12.0 Å². The van der Waals surface area contributed by atoms with Gasteiger partial charge in [0.15, 0.2) is 0 Å². The molecule has 4 heteroatoms. The van der Waals surface area contributed by atoms with Crippen LogP contribution in [0.25, 0.3) is 0 Å². The van der Waals surface area contributed by atoms with E-state index in [1.54, 1.807) is 0 Å². The Labute approximate surface area is 123 Å². The highest BCUT2D eigenvalue weighted by molar-refractivity contribution is 9.10. The first-order valence-electron chi connectivity index (χ1n) is 6.89. The van der Waals surface area contributed by atoms with Gasteiger partial charge < -0.3 is 10.2 Å². The first-order chi connectivity index (χ1) is 9.08. The lowest BCUT2D eigenvalue weighted by atomic mass is 10.1. The van der Waals surface area contributed by atoms with Gasteiger partial charge in [0.2, 0.25) is 5.91 Å². The van der Waals surface area contributed by atoms with Gasteiger partial charge in [-0.05, 0) is 50.8 Å². The minimum Gasteiger partial charge on any atom is -0.374 e. The average molecular weight is 325 g/mol. The Morgan fingerprint density at radius 3 is 2.63 bits per heavy atom. The van der Waals surface area contributed by atoms with E-state index in [-0.39, 0.29) is 11.9 Å². The van der Waals surface area contributed by atoms with Gasteiger partial charge in [-0.1, -0.05) is 22.0 Å². The maximum Gasteiger partial charge on any atom is 0.244 e. The molecule has 2 rings (SSSR count). The number of rotatable bonds is 3. The molecule has 1 N–H and O–H groups in total. The Kier molecular flexibility index (Phi) is 4.86. The van der Waals surface area contributed by atoms with E-state index in [0.29, 0.717) is 0 Å². The predicted molar refractivity (Wildman–Crippen MR) is 82.4 cm³/mol. The van der Waals surface area contributed by atoms with Crippen molar-refractivity contribution in [3.8, 4) is 0 Å². The van der Waals surface area contributed by atoms with Crippen LogP contribution in [0.15, 0.2) is 22.7 Å². The van der Waals surface area contributed by atoms with E-state index in [4.69, 9.17) is 0 Å². The summed E-state index contributed by atoms with van der Waals surface area (Å²) in [5, 5.41) is 3.29. The number of carbonyl (C=O) groups excluding carboxylic acids is 1. The lowest BCUT2D eigenvalue weighted by Crippen LogP contribution is -2.43. The van der Waals surface area contributed by atoms with E-state index in [1.807, 2.05) is 30.0 Å². The van der Waals surface area contributed by atoms with Crippen LogP contribution in [-0.2, 0) is 4.79 Å². The van der Waals surface area contributed by atoms with Gasteiger partial charge in [-0.15, -0.1) is 0 Å². The molecule has 1 heterocycles. The van der Waals surface area contributed by atoms with E-state index in [2.05, 4.69) is 28.2 Å². The van der Waals surface area contributed by atoms with Crippen LogP contribution in [0, 0.1) is 6.92 Å². The summed E-state index contributed by atoms with van der Waals surface area (Å²) in [6.07, 6.45) is 3.51. The van der Waals surface area contributed by atoms with Crippen molar-refractivity contribution in [1.29, 1.82) is 0 Å². The Morgan fingerprint density at radius 1 is 1.32 bits per heavy atom. The number of hydrogen-bond acceptors (Lipinski definition) is 2. The molecule has 0 saturated carbocycles. The first kappa shape index (κ1) is 14.4. The number of benzene rings is 1. The molecule has 0 aromatic heterocycles. The number of aryl methyl sites for hydroxylation is 1. The average Bonchev–Trinajstić information content (AvgIpc) is 2.43. The van der Waals surface area contributed by atoms with Gasteiger partial charge in [0, 0.05) is 23.2 Å². The number of hydrogen-bond donors (Lipinski definition) is 1. The van der Waals surface area contributed by atoms with Crippen LogP contribution in [-0.4, -0.2) is 29.9 Å². The fourth-order valence-electron chi connectivity index (χ4n) is 2.38. The highest BCUT2D eigenvalue weighted by Gasteiger charge is 2.21. The molecule has 1 aromatic rings. The molecule has 1 aliphatic rings. The summed E-state index contributed by atoms with van der Waals surface area (Å²) in [7, 11) is 0. The van der Waals surface area contributed by atoms with Crippen LogP contribution in [0.4, 0.5) is 5.69 Å². The second-order valence-electron chi connectivity index (χ2n) is 5.22. The summed E-state index contributed by atoms with van der Waals surface area (Å²) < 4.78 is 1.06. The number of nitrogens with one attached hydrogen (secondary N) is 1. The van der Waals surface area contributed by atoms with E-state index in [0.717, 1.165) is 36.1 Å². The molecule has 1 amide bonds. The second kappa shape index (κ2) is 6.42. The molecule has 0 radical (unpaired) electrons. The molecule has 1 atom stereocenters. The Morgan fingerprint density at radius 2 is 2.00 bits per heavy atom. The third-order valence-electron chi connectivity index (χ3n) is 3.59. The van der Waals surface area contributed by atoms with Crippen molar-refractivity contribution in [3.05, 3.63) is 28.2 Å². The largest absolute Gasteiger partial charge is 0.374 e.